The van der Waals surface area contributed by atoms with Crippen molar-refractivity contribution in [2.75, 3.05) is 45.3 Å². The van der Waals surface area contributed by atoms with E-state index in [0.29, 0.717) is 12.5 Å². The first-order valence-electron chi connectivity index (χ1n) is 11.7. The van der Waals surface area contributed by atoms with E-state index in [1.54, 1.807) is 7.05 Å². The number of hydrogen-bond donors (Lipinski definition) is 3. The fourth-order valence-corrected chi connectivity index (χ4v) is 4.12. The molecule has 1 saturated heterocycles. The molecule has 1 aromatic carbocycles. The first-order chi connectivity index (χ1) is 15.2. The number of guanidine groups is 1. The van der Waals surface area contributed by atoms with E-state index in [1.807, 2.05) is 18.2 Å². The molecular formula is C24H39IN4O3. The molecule has 1 aliphatic carbocycles. The highest BCUT2D eigenvalue weighted by atomic mass is 127. The summed E-state index contributed by atoms with van der Waals surface area (Å²) in [4.78, 5) is 16.8. The van der Waals surface area contributed by atoms with E-state index in [1.165, 1.54) is 6.42 Å². The maximum absolute atomic E-state index is 12.5. The summed E-state index contributed by atoms with van der Waals surface area (Å²) in [6.07, 6.45) is 7.64. The maximum Gasteiger partial charge on any atom is 0.227 e. The van der Waals surface area contributed by atoms with Crippen LogP contribution in [0.15, 0.2) is 29.3 Å². The summed E-state index contributed by atoms with van der Waals surface area (Å²) < 4.78 is 11.1. The summed E-state index contributed by atoms with van der Waals surface area (Å²) in [5.41, 5.74) is 1.97. The summed E-state index contributed by atoms with van der Waals surface area (Å²) in [6.45, 7) is 4.68. The molecule has 1 unspecified atom stereocenters. The Morgan fingerprint density at radius 1 is 1.19 bits per heavy atom. The van der Waals surface area contributed by atoms with Gasteiger partial charge >= 0.3 is 0 Å². The summed E-state index contributed by atoms with van der Waals surface area (Å²) in [5.74, 6) is 1.64. The molecule has 2 fully saturated rings. The van der Waals surface area contributed by atoms with Gasteiger partial charge < -0.3 is 25.4 Å². The van der Waals surface area contributed by atoms with Crippen molar-refractivity contribution >= 4 is 41.5 Å². The second-order valence-corrected chi connectivity index (χ2v) is 8.54. The van der Waals surface area contributed by atoms with Crippen LogP contribution in [0, 0.1) is 11.8 Å². The number of hydrogen-bond acceptors (Lipinski definition) is 4. The van der Waals surface area contributed by atoms with E-state index in [9.17, 15) is 4.79 Å². The molecule has 1 atom stereocenters. The molecule has 3 N–H and O–H groups in total. The molecule has 1 amide bonds. The lowest BCUT2D eigenvalue weighted by Crippen LogP contribution is -2.37. The molecule has 180 valence electrons. The van der Waals surface area contributed by atoms with Gasteiger partial charge in [-0.1, -0.05) is 31.4 Å². The molecule has 0 aromatic heterocycles. The Kier molecular flexibility index (Phi) is 13.0. The Morgan fingerprint density at radius 2 is 2.03 bits per heavy atom. The maximum atomic E-state index is 12.5. The molecule has 1 aromatic rings. The lowest BCUT2D eigenvalue weighted by molar-refractivity contribution is -0.120. The predicted octanol–water partition coefficient (Wildman–Crippen LogP) is 3.93. The van der Waals surface area contributed by atoms with E-state index in [4.69, 9.17) is 9.47 Å². The van der Waals surface area contributed by atoms with Crippen molar-refractivity contribution in [2.45, 2.75) is 51.5 Å². The van der Waals surface area contributed by atoms with Gasteiger partial charge in [0.15, 0.2) is 5.96 Å². The number of ether oxygens (including phenoxy) is 2. The zero-order valence-electron chi connectivity index (χ0n) is 19.2. The molecule has 32 heavy (non-hydrogen) atoms. The minimum Gasteiger partial charge on any atom is -0.381 e. The molecular weight excluding hydrogens is 519 g/mol. The molecule has 1 saturated carbocycles. The summed E-state index contributed by atoms with van der Waals surface area (Å²) >= 11 is 0. The van der Waals surface area contributed by atoms with Gasteiger partial charge in [0.25, 0.3) is 0 Å². The van der Waals surface area contributed by atoms with Gasteiger partial charge in [0.05, 0.1) is 13.2 Å². The van der Waals surface area contributed by atoms with Crippen LogP contribution in [0.25, 0.3) is 0 Å². The standard InChI is InChI=1S/C24H38N4O3.HI/c1-25-24(26-12-6-13-30-17-20-11-14-31-18-20)27-16-19-7-5-10-22(15-19)28-23(29)21-8-3-2-4-9-21;/h5,7,10,15,20-21H,2-4,6,8-9,11-14,16-18H2,1H3,(H,28,29)(H2,25,26,27);1H. The van der Waals surface area contributed by atoms with Gasteiger partial charge in [-0.2, -0.15) is 0 Å². The number of carbonyl (C=O) groups excluding carboxylic acids is 1. The van der Waals surface area contributed by atoms with Crippen molar-refractivity contribution in [1.82, 2.24) is 10.6 Å². The van der Waals surface area contributed by atoms with Gasteiger partial charge in [0.2, 0.25) is 5.91 Å². The molecule has 1 aliphatic heterocycles. The highest BCUT2D eigenvalue weighted by Gasteiger charge is 2.21. The van der Waals surface area contributed by atoms with Crippen molar-refractivity contribution in [1.29, 1.82) is 0 Å². The Balaban J connectivity index is 0.00000363. The van der Waals surface area contributed by atoms with Crippen LogP contribution in [0.4, 0.5) is 5.69 Å². The van der Waals surface area contributed by atoms with E-state index >= 15 is 0 Å². The van der Waals surface area contributed by atoms with Crippen molar-refractivity contribution in [3.63, 3.8) is 0 Å². The third-order valence-electron chi connectivity index (χ3n) is 5.99. The van der Waals surface area contributed by atoms with Gasteiger partial charge in [0.1, 0.15) is 0 Å². The van der Waals surface area contributed by atoms with Crippen LogP contribution in [0.5, 0.6) is 0 Å². The number of nitrogens with zero attached hydrogens (tertiary/aromatic N) is 1. The van der Waals surface area contributed by atoms with E-state index in [2.05, 4.69) is 27.0 Å². The minimum atomic E-state index is 0. The van der Waals surface area contributed by atoms with Crippen molar-refractivity contribution in [2.24, 2.45) is 16.8 Å². The number of nitrogens with one attached hydrogen (secondary N) is 3. The first-order valence-corrected chi connectivity index (χ1v) is 11.7. The third kappa shape index (κ3) is 9.62. The Morgan fingerprint density at radius 3 is 2.78 bits per heavy atom. The van der Waals surface area contributed by atoms with E-state index in [0.717, 1.165) is 88.7 Å². The number of carbonyl (C=O) groups is 1. The summed E-state index contributed by atoms with van der Waals surface area (Å²) in [7, 11) is 1.77. The van der Waals surface area contributed by atoms with Crippen LogP contribution >= 0.6 is 24.0 Å². The fraction of sp³-hybridized carbons (Fsp3) is 0.667. The molecule has 0 bridgehead atoms. The predicted molar refractivity (Wildman–Crippen MR) is 140 cm³/mol. The average Bonchev–Trinajstić information content (AvgIpc) is 3.32. The Hall–Kier alpha value is -1.39. The van der Waals surface area contributed by atoms with Gasteiger partial charge in [-0.05, 0) is 43.4 Å². The SMILES string of the molecule is CN=C(NCCCOCC1CCOC1)NCc1cccc(NC(=O)C2CCCCC2)c1.I. The number of aliphatic imine (C=N–C) groups is 1. The molecule has 2 aliphatic rings. The molecule has 8 heteroatoms. The monoisotopic (exact) mass is 558 g/mol. The number of amides is 1. The van der Waals surface area contributed by atoms with Crippen LogP contribution < -0.4 is 16.0 Å². The zero-order chi connectivity index (χ0) is 21.7. The number of benzene rings is 1. The van der Waals surface area contributed by atoms with Gasteiger partial charge in [-0.25, -0.2) is 0 Å². The van der Waals surface area contributed by atoms with Gasteiger partial charge in [-0.15, -0.1) is 24.0 Å². The van der Waals surface area contributed by atoms with Crippen molar-refractivity contribution in [3.05, 3.63) is 29.8 Å². The summed E-state index contributed by atoms with van der Waals surface area (Å²) in [5, 5.41) is 9.75. The van der Waals surface area contributed by atoms with Crippen LogP contribution in [0.3, 0.4) is 0 Å². The first kappa shape index (κ1) is 26.9. The number of anilines is 1. The van der Waals surface area contributed by atoms with Gasteiger partial charge in [0, 0.05) is 50.9 Å². The number of halogens is 1. The molecule has 3 rings (SSSR count). The van der Waals surface area contributed by atoms with Crippen LogP contribution in [0.1, 0.15) is 50.5 Å². The van der Waals surface area contributed by atoms with Crippen molar-refractivity contribution < 1.29 is 14.3 Å². The van der Waals surface area contributed by atoms with Crippen LogP contribution in [-0.4, -0.2) is 51.9 Å². The fourth-order valence-electron chi connectivity index (χ4n) is 4.12. The minimum absolute atomic E-state index is 0. The second kappa shape index (κ2) is 15.4. The quantitative estimate of drug-likeness (QED) is 0.176. The molecule has 7 nitrogen and oxygen atoms in total. The van der Waals surface area contributed by atoms with E-state index < -0.39 is 0 Å². The highest BCUT2D eigenvalue weighted by Crippen LogP contribution is 2.25. The highest BCUT2D eigenvalue weighted by molar-refractivity contribution is 14.0. The molecule has 0 spiro atoms. The average molecular weight is 559 g/mol. The van der Waals surface area contributed by atoms with E-state index in [-0.39, 0.29) is 35.8 Å². The largest absolute Gasteiger partial charge is 0.381 e. The Labute approximate surface area is 209 Å². The summed E-state index contributed by atoms with van der Waals surface area (Å²) in [6, 6.07) is 8.02. The second-order valence-electron chi connectivity index (χ2n) is 8.54. The van der Waals surface area contributed by atoms with Crippen molar-refractivity contribution in [3.8, 4) is 0 Å². The normalized spacial score (nSPS) is 19.3. The smallest absolute Gasteiger partial charge is 0.227 e. The Bertz CT molecular complexity index is 704. The van der Waals surface area contributed by atoms with Gasteiger partial charge in [-0.3, -0.25) is 9.79 Å². The molecule has 1 heterocycles. The topological polar surface area (TPSA) is 84.0 Å². The van der Waals surface area contributed by atoms with Crippen LogP contribution in [0.2, 0.25) is 0 Å². The molecule has 0 radical (unpaired) electrons. The zero-order valence-corrected chi connectivity index (χ0v) is 21.6. The lowest BCUT2D eigenvalue weighted by atomic mass is 9.88. The lowest BCUT2D eigenvalue weighted by Gasteiger charge is -2.21. The third-order valence-corrected chi connectivity index (χ3v) is 5.99. The van der Waals surface area contributed by atoms with Crippen LogP contribution in [-0.2, 0) is 20.8 Å². The number of rotatable bonds is 10.